The molecule has 1 heterocycles. The summed E-state index contributed by atoms with van der Waals surface area (Å²) < 4.78 is 0. The normalized spacial score (nSPS) is 13.3. The molecular formula is C14H18N4O3. The Balaban J connectivity index is 2.59. The van der Waals surface area contributed by atoms with Crippen LogP contribution in [0.2, 0.25) is 0 Å². The van der Waals surface area contributed by atoms with Crippen LogP contribution in [0.5, 0.6) is 0 Å². The zero-order valence-electron chi connectivity index (χ0n) is 12.2. The van der Waals surface area contributed by atoms with Crippen LogP contribution in [-0.4, -0.2) is 20.9 Å². The molecule has 21 heavy (non-hydrogen) atoms. The van der Waals surface area contributed by atoms with E-state index in [2.05, 4.69) is 9.97 Å². The van der Waals surface area contributed by atoms with Gasteiger partial charge in [-0.3, -0.25) is 14.9 Å². The highest BCUT2D eigenvalue weighted by Crippen LogP contribution is 2.28. The number of nitrogens with zero attached hydrogens (tertiary/aromatic N) is 2. The number of fused-ring (bicyclic) bond motifs is 1. The van der Waals surface area contributed by atoms with Crippen molar-refractivity contribution >= 4 is 16.6 Å². The van der Waals surface area contributed by atoms with Crippen molar-refractivity contribution in [2.45, 2.75) is 33.2 Å². The Labute approximate surface area is 121 Å². The first-order chi connectivity index (χ1) is 9.70. The van der Waals surface area contributed by atoms with Crippen molar-refractivity contribution in [2.24, 2.45) is 11.1 Å². The molecule has 2 aromatic rings. The predicted molar refractivity (Wildman–Crippen MR) is 80.2 cm³/mol. The molecule has 7 nitrogen and oxygen atoms in total. The van der Waals surface area contributed by atoms with Crippen LogP contribution in [0.4, 0.5) is 5.69 Å². The van der Waals surface area contributed by atoms with Gasteiger partial charge in [0.05, 0.1) is 22.2 Å². The summed E-state index contributed by atoms with van der Waals surface area (Å²) in [6, 6.07) is 2.61. The molecule has 2 rings (SSSR count). The number of aromatic nitrogens is 2. The van der Waals surface area contributed by atoms with E-state index in [9.17, 15) is 14.9 Å². The predicted octanol–water partition coefficient (Wildman–Crippen LogP) is 1.75. The summed E-state index contributed by atoms with van der Waals surface area (Å²) in [6.45, 7) is 5.94. The first-order valence-corrected chi connectivity index (χ1v) is 6.60. The van der Waals surface area contributed by atoms with Crippen molar-refractivity contribution in [1.29, 1.82) is 0 Å². The van der Waals surface area contributed by atoms with Gasteiger partial charge in [-0.1, -0.05) is 20.8 Å². The van der Waals surface area contributed by atoms with Crippen LogP contribution in [0.1, 0.15) is 26.3 Å². The number of nitrogens with two attached hydrogens (primary N) is 1. The largest absolute Gasteiger partial charge is 0.327 e. The lowest BCUT2D eigenvalue weighted by Crippen LogP contribution is -2.37. The molecule has 0 radical (unpaired) electrons. The number of nitrogens with one attached hydrogen (secondary N) is 1. The Morgan fingerprint density at radius 2 is 2.10 bits per heavy atom. The smallest absolute Gasteiger partial charge is 0.273 e. The van der Waals surface area contributed by atoms with E-state index in [4.69, 9.17) is 5.73 Å². The van der Waals surface area contributed by atoms with Crippen molar-refractivity contribution in [1.82, 2.24) is 9.97 Å². The van der Waals surface area contributed by atoms with Gasteiger partial charge in [0.1, 0.15) is 0 Å². The minimum Gasteiger partial charge on any atom is -0.327 e. The van der Waals surface area contributed by atoms with E-state index in [1.807, 2.05) is 20.8 Å². The third-order valence-corrected chi connectivity index (χ3v) is 3.59. The molecule has 0 saturated carbocycles. The molecule has 0 aliphatic rings. The third kappa shape index (κ3) is 3.08. The maximum absolute atomic E-state index is 11.7. The molecular weight excluding hydrogens is 272 g/mol. The van der Waals surface area contributed by atoms with E-state index in [0.717, 1.165) is 0 Å². The topological polar surface area (TPSA) is 115 Å². The summed E-state index contributed by atoms with van der Waals surface area (Å²) in [5.41, 5.74) is 6.37. The van der Waals surface area contributed by atoms with Gasteiger partial charge in [0.15, 0.2) is 0 Å². The third-order valence-electron chi connectivity index (χ3n) is 3.59. The summed E-state index contributed by atoms with van der Waals surface area (Å²) in [7, 11) is 0. The van der Waals surface area contributed by atoms with Crippen LogP contribution >= 0.6 is 0 Å². The zero-order valence-corrected chi connectivity index (χ0v) is 12.2. The lowest BCUT2D eigenvalue weighted by molar-refractivity contribution is -0.385. The van der Waals surface area contributed by atoms with Gasteiger partial charge in [-0.25, -0.2) is 4.98 Å². The van der Waals surface area contributed by atoms with Gasteiger partial charge in [-0.15, -0.1) is 0 Å². The average Bonchev–Trinajstić information content (AvgIpc) is 2.37. The molecule has 1 aromatic heterocycles. The Hall–Kier alpha value is -2.28. The van der Waals surface area contributed by atoms with Crippen LogP contribution in [0, 0.1) is 15.5 Å². The number of nitro benzene ring substituents is 1. The van der Waals surface area contributed by atoms with Gasteiger partial charge in [-0.2, -0.15) is 0 Å². The van der Waals surface area contributed by atoms with E-state index >= 15 is 0 Å². The average molecular weight is 290 g/mol. The lowest BCUT2D eigenvalue weighted by Gasteiger charge is -2.27. The van der Waals surface area contributed by atoms with E-state index in [1.54, 1.807) is 6.07 Å². The molecule has 0 bridgehead atoms. The van der Waals surface area contributed by atoms with Gasteiger partial charge in [0, 0.05) is 17.7 Å². The highest BCUT2D eigenvalue weighted by molar-refractivity contribution is 5.81. The number of benzene rings is 1. The zero-order chi connectivity index (χ0) is 15.8. The second kappa shape index (κ2) is 5.25. The monoisotopic (exact) mass is 290 g/mol. The summed E-state index contributed by atoms with van der Waals surface area (Å²) in [5.74, 6) is 0. The molecule has 1 aromatic carbocycles. The van der Waals surface area contributed by atoms with Crippen LogP contribution in [0.3, 0.4) is 0 Å². The number of H-pyrrole nitrogens is 1. The van der Waals surface area contributed by atoms with Gasteiger partial charge in [-0.05, 0) is 17.9 Å². The van der Waals surface area contributed by atoms with Gasteiger partial charge in [0.2, 0.25) is 0 Å². The fraction of sp³-hybridized carbons (Fsp3) is 0.429. The van der Waals surface area contributed by atoms with Crippen molar-refractivity contribution in [3.8, 4) is 0 Å². The minimum absolute atomic E-state index is 0.0966. The van der Waals surface area contributed by atoms with E-state index in [1.165, 1.54) is 12.4 Å². The number of rotatable bonds is 3. The Bertz CT molecular complexity index is 746. The van der Waals surface area contributed by atoms with Gasteiger partial charge < -0.3 is 10.7 Å². The second-order valence-corrected chi connectivity index (χ2v) is 6.16. The van der Waals surface area contributed by atoms with Crippen LogP contribution in [-0.2, 0) is 6.42 Å². The summed E-state index contributed by atoms with van der Waals surface area (Å²) in [4.78, 5) is 28.9. The first-order valence-electron chi connectivity index (χ1n) is 6.60. The van der Waals surface area contributed by atoms with Gasteiger partial charge in [0.25, 0.3) is 11.2 Å². The molecule has 1 atom stereocenters. The second-order valence-electron chi connectivity index (χ2n) is 6.16. The number of nitro groups is 1. The maximum atomic E-state index is 11.7. The molecule has 3 N–H and O–H groups in total. The highest BCUT2D eigenvalue weighted by Gasteiger charge is 2.25. The van der Waals surface area contributed by atoms with E-state index in [0.29, 0.717) is 17.5 Å². The molecule has 0 fully saturated rings. The SMILES string of the molecule is CC(C)(C)C(N)Cc1cc2nc[nH]c(=O)c2cc1[N+](=O)[O-]. The van der Waals surface area contributed by atoms with Crippen molar-refractivity contribution < 1.29 is 4.92 Å². The van der Waals surface area contributed by atoms with Gasteiger partial charge >= 0.3 is 0 Å². The molecule has 7 heteroatoms. The van der Waals surface area contributed by atoms with E-state index < -0.39 is 10.5 Å². The van der Waals surface area contributed by atoms with Crippen molar-refractivity contribution in [2.75, 3.05) is 0 Å². The number of hydrogen-bond acceptors (Lipinski definition) is 5. The molecule has 112 valence electrons. The Morgan fingerprint density at radius 3 is 2.67 bits per heavy atom. The molecule has 0 spiro atoms. The standard InChI is InChI=1S/C14H18N4O3/c1-14(2,3)12(15)5-8-4-10-9(6-11(8)18(20)21)13(19)17-7-16-10/h4,6-7,12H,5,15H2,1-3H3,(H,16,17,19). The quantitative estimate of drug-likeness (QED) is 0.660. The molecule has 0 aliphatic heterocycles. The Morgan fingerprint density at radius 1 is 1.43 bits per heavy atom. The number of hydrogen-bond donors (Lipinski definition) is 2. The summed E-state index contributed by atoms with van der Waals surface area (Å²) in [5, 5.41) is 11.4. The summed E-state index contributed by atoms with van der Waals surface area (Å²) in [6.07, 6.45) is 1.63. The number of aromatic amines is 1. The van der Waals surface area contributed by atoms with Crippen molar-refractivity contribution in [3.05, 3.63) is 44.5 Å². The Kier molecular flexibility index (Phi) is 3.78. The minimum atomic E-state index is -0.489. The van der Waals surface area contributed by atoms with Crippen LogP contribution < -0.4 is 11.3 Å². The van der Waals surface area contributed by atoms with Crippen LogP contribution in [0.15, 0.2) is 23.3 Å². The fourth-order valence-electron chi connectivity index (χ4n) is 2.02. The fourth-order valence-corrected chi connectivity index (χ4v) is 2.02. The maximum Gasteiger partial charge on any atom is 0.273 e. The van der Waals surface area contributed by atoms with Crippen LogP contribution in [0.25, 0.3) is 10.9 Å². The highest BCUT2D eigenvalue weighted by atomic mass is 16.6. The molecule has 1 unspecified atom stereocenters. The summed E-state index contributed by atoms with van der Waals surface area (Å²) >= 11 is 0. The molecule has 0 aliphatic carbocycles. The van der Waals surface area contributed by atoms with E-state index in [-0.39, 0.29) is 22.5 Å². The molecule has 0 saturated heterocycles. The van der Waals surface area contributed by atoms with Crippen molar-refractivity contribution in [3.63, 3.8) is 0 Å². The lowest BCUT2D eigenvalue weighted by atomic mass is 9.83. The first kappa shape index (κ1) is 15.1. The molecule has 0 amide bonds.